The largest absolute Gasteiger partial charge is 0.460 e. The SMILES string of the molecule is CCn1c(C(=O)NCCc2ccccc2)cc2oc(C)cc21. The van der Waals surface area contributed by atoms with Crippen LogP contribution in [-0.4, -0.2) is 17.0 Å². The van der Waals surface area contributed by atoms with Crippen LogP contribution in [0.15, 0.2) is 46.9 Å². The molecule has 0 saturated heterocycles. The summed E-state index contributed by atoms with van der Waals surface area (Å²) < 4.78 is 7.60. The molecule has 4 heteroatoms. The van der Waals surface area contributed by atoms with Crippen LogP contribution in [0.5, 0.6) is 0 Å². The number of carbonyl (C=O) groups excluding carboxylic acids is 1. The molecule has 3 rings (SSSR count). The molecule has 1 N–H and O–H groups in total. The van der Waals surface area contributed by atoms with Crippen molar-refractivity contribution in [2.24, 2.45) is 0 Å². The first-order valence-corrected chi connectivity index (χ1v) is 7.61. The zero-order valence-corrected chi connectivity index (χ0v) is 12.9. The van der Waals surface area contributed by atoms with Gasteiger partial charge in [0.15, 0.2) is 5.58 Å². The Kier molecular flexibility index (Phi) is 4.00. The third-order valence-corrected chi connectivity index (χ3v) is 3.80. The summed E-state index contributed by atoms with van der Waals surface area (Å²) in [7, 11) is 0. The lowest BCUT2D eigenvalue weighted by atomic mass is 10.1. The van der Waals surface area contributed by atoms with Crippen molar-refractivity contribution in [3.8, 4) is 0 Å². The molecule has 0 spiro atoms. The van der Waals surface area contributed by atoms with Gasteiger partial charge in [0.25, 0.3) is 5.91 Å². The molecule has 114 valence electrons. The van der Waals surface area contributed by atoms with Crippen molar-refractivity contribution in [1.29, 1.82) is 0 Å². The molecular weight excluding hydrogens is 276 g/mol. The molecule has 0 aliphatic rings. The molecule has 0 radical (unpaired) electrons. The minimum absolute atomic E-state index is 0.0539. The number of carbonyl (C=O) groups is 1. The van der Waals surface area contributed by atoms with E-state index in [1.807, 2.05) is 48.7 Å². The molecular formula is C18H20N2O2. The number of fused-ring (bicyclic) bond motifs is 1. The Balaban J connectivity index is 1.70. The Morgan fingerprint density at radius 3 is 2.73 bits per heavy atom. The van der Waals surface area contributed by atoms with Crippen molar-refractivity contribution >= 4 is 17.0 Å². The summed E-state index contributed by atoms with van der Waals surface area (Å²) in [6.07, 6.45) is 0.828. The van der Waals surface area contributed by atoms with Crippen molar-refractivity contribution in [3.63, 3.8) is 0 Å². The third-order valence-electron chi connectivity index (χ3n) is 3.80. The smallest absolute Gasteiger partial charge is 0.268 e. The van der Waals surface area contributed by atoms with Crippen molar-refractivity contribution < 1.29 is 9.21 Å². The first-order chi connectivity index (χ1) is 10.7. The van der Waals surface area contributed by atoms with Gasteiger partial charge < -0.3 is 14.3 Å². The Bertz CT molecular complexity index is 784. The van der Waals surface area contributed by atoms with E-state index in [-0.39, 0.29) is 5.91 Å². The summed E-state index contributed by atoms with van der Waals surface area (Å²) in [5.74, 6) is 0.810. The van der Waals surface area contributed by atoms with Crippen molar-refractivity contribution in [2.75, 3.05) is 6.54 Å². The summed E-state index contributed by atoms with van der Waals surface area (Å²) in [5, 5.41) is 2.99. The molecule has 22 heavy (non-hydrogen) atoms. The van der Waals surface area contributed by atoms with Crippen LogP contribution in [-0.2, 0) is 13.0 Å². The highest BCUT2D eigenvalue weighted by Gasteiger charge is 2.16. The quantitative estimate of drug-likeness (QED) is 0.783. The van der Waals surface area contributed by atoms with Crippen LogP contribution in [0.25, 0.3) is 11.1 Å². The van der Waals surface area contributed by atoms with Crippen LogP contribution in [0.3, 0.4) is 0 Å². The fourth-order valence-electron chi connectivity index (χ4n) is 2.75. The van der Waals surface area contributed by atoms with E-state index in [2.05, 4.69) is 17.4 Å². The van der Waals surface area contributed by atoms with Gasteiger partial charge >= 0.3 is 0 Å². The van der Waals surface area contributed by atoms with Gasteiger partial charge in [0.05, 0.1) is 5.52 Å². The second-order valence-electron chi connectivity index (χ2n) is 5.37. The van der Waals surface area contributed by atoms with Crippen molar-refractivity contribution in [3.05, 3.63) is 59.5 Å². The topological polar surface area (TPSA) is 47.2 Å². The van der Waals surface area contributed by atoms with Gasteiger partial charge in [-0.2, -0.15) is 0 Å². The zero-order valence-electron chi connectivity index (χ0n) is 12.9. The molecule has 0 bridgehead atoms. The maximum Gasteiger partial charge on any atom is 0.268 e. The average Bonchev–Trinajstić information content (AvgIpc) is 3.03. The van der Waals surface area contributed by atoms with E-state index < -0.39 is 0 Å². The van der Waals surface area contributed by atoms with Gasteiger partial charge in [-0.25, -0.2) is 0 Å². The number of hydrogen-bond acceptors (Lipinski definition) is 2. The molecule has 0 unspecified atom stereocenters. The molecule has 4 nitrogen and oxygen atoms in total. The molecule has 1 amide bonds. The second-order valence-corrected chi connectivity index (χ2v) is 5.37. The van der Waals surface area contributed by atoms with Crippen molar-refractivity contribution in [2.45, 2.75) is 26.8 Å². The van der Waals surface area contributed by atoms with Crippen LogP contribution < -0.4 is 5.32 Å². The van der Waals surface area contributed by atoms with E-state index in [1.54, 1.807) is 0 Å². The van der Waals surface area contributed by atoms with E-state index in [4.69, 9.17) is 4.42 Å². The Morgan fingerprint density at radius 2 is 2.00 bits per heavy atom. The summed E-state index contributed by atoms with van der Waals surface area (Å²) >= 11 is 0. The van der Waals surface area contributed by atoms with E-state index in [9.17, 15) is 4.79 Å². The summed E-state index contributed by atoms with van der Waals surface area (Å²) in [4.78, 5) is 12.4. The number of benzene rings is 1. The molecule has 2 aromatic heterocycles. The van der Waals surface area contributed by atoms with Crippen LogP contribution in [0.1, 0.15) is 28.7 Å². The molecule has 1 aromatic carbocycles. The van der Waals surface area contributed by atoms with E-state index in [0.717, 1.165) is 29.8 Å². The van der Waals surface area contributed by atoms with E-state index in [1.165, 1.54) is 5.56 Å². The van der Waals surface area contributed by atoms with Crippen LogP contribution >= 0.6 is 0 Å². The van der Waals surface area contributed by atoms with Gasteiger partial charge in [-0.15, -0.1) is 0 Å². The molecule has 2 heterocycles. The van der Waals surface area contributed by atoms with Gasteiger partial charge in [-0.1, -0.05) is 30.3 Å². The number of hydrogen-bond donors (Lipinski definition) is 1. The summed E-state index contributed by atoms with van der Waals surface area (Å²) in [6, 6.07) is 13.9. The number of nitrogens with one attached hydrogen (secondary N) is 1. The number of furan rings is 1. The molecule has 0 aliphatic carbocycles. The standard InChI is InChI=1S/C18H20N2O2/c1-3-20-15-11-13(2)22-17(15)12-16(20)18(21)19-10-9-14-7-5-4-6-8-14/h4-8,11-12H,3,9-10H2,1-2H3,(H,19,21). The molecule has 0 fully saturated rings. The maximum atomic E-state index is 12.4. The van der Waals surface area contributed by atoms with Crippen LogP contribution in [0, 0.1) is 6.92 Å². The average molecular weight is 296 g/mol. The fraction of sp³-hybridized carbons (Fsp3) is 0.278. The monoisotopic (exact) mass is 296 g/mol. The molecule has 3 aromatic rings. The zero-order chi connectivity index (χ0) is 15.5. The van der Waals surface area contributed by atoms with E-state index in [0.29, 0.717) is 12.2 Å². The highest BCUT2D eigenvalue weighted by atomic mass is 16.3. The van der Waals surface area contributed by atoms with Crippen molar-refractivity contribution in [1.82, 2.24) is 9.88 Å². The number of aromatic nitrogens is 1. The highest BCUT2D eigenvalue weighted by molar-refractivity contribution is 5.97. The second kappa shape index (κ2) is 6.10. The molecule has 0 saturated carbocycles. The van der Waals surface area contributed by atoms with Gasteiger partial charge in [0.2, 0.25) is 0 Å². The lowest BCUT2D eigenvalue weighted by Gasteiger charge is -2.08. The summed E-state index contributed by atoms with van der Waals surface area (Å²) in [5.41, 5.74) is 3.63. The normalized spacial score (nSPS) is 11.0. The first-order valence-electron chi connectivity index (χ1n) is 7.61. The first kappa shape index (κ1) is 14.4. The molecule has 0 aliphatic heterocycles. The highest BCUT2D eigenvalue weighted by Crippen LogP contribution is 2.23. The number of aryl methyl sites for hydroxylation is 2. The fourth-order valence-corrected chi connectivity index (χ4v) is 2.75. The van der Waals surface area contributed by atoms with Gasteiger partial charge in [-0.05, 0) is 25.8 Å². The molecule has 0 atom stereocenters. The van der Waals surface area contributed by atoms with Gasteiger partial charge in [0, 0.05) is 25.2 Å². The van der Waals surface area contributed by atoms with Crippen LogP contribution in [0.2, 0.25) is 0 Å². The predicted octanol–water partition coefficient (Wildman–Crippen LogP) is 3.54. The third kappa shape index (κ3) is 2.77. The Hall–Kier alpha value is -2.49. The lowest BCUT2D eigenvalue weighted by molar-refractivity contribution is 0.0945. The van der Waals surface area contributed by atoms with E-state index >= 15 is 0 Å². The number of nitrogens with zero attached hydrogens (tertiary/aromatic N) is 1. The minimum Gasteiger partial charge on any atom is -0.460 e. The number of amides is 1. The lowest BCUT2D eigenvalue weighted by Crippen LogP contribution is -2.27. The Morgan fingerprint density at radius 1 is 1.23 bits per heavy atom. The number of rotatable bonds is 5. The van der Waals surface area contributed by atoms with Gasteiger partial charge in [0.1, 0.15) is 11.5 Å². The Labute approximate surface area is 129 Å². The van der Waals surface area contributed by atoms with Gasteiger partial charge in [-0.3, -0.25) is 4.79 Å². The minimum atomic E-state index is -0.0539. The summed E-state index contributed by atoms with van der Waals surface area (Å²) in [6.45, 7) is 5.31. The maximum absolute atomic E-state index is 12.4. The predicted molar refractivity (Wildman–Crippen MR) is 87.1 cm³/mol. The van der Waals surface area contributed by atoms with Crippen LogP contribution in [0.4, 0.5) is 0 Å².